The minimum absolute atomic E-state index is 0.789. The van der Waals surface area contributed by atoms with Gasteiger partial charge in [0.15, 0.2) is 0 Å². The molecule has 1 radical (unpaired) electrons. The molecule has 0 unspecified atom stereocenters. The average molecular weight is 115 g/mol. The zero-order valence-electron chi connectivity index (χ0n) is 3.92. The molecule has 0 atom stereocenters. The Bertz CT molecular complexity index is 73.8. The highest BCUT2D eigenvalue weighted by atomic mass is 32.2. The summed E-state index contributed by atoms with van der Waals surface area (Å²) in [5, 5.41) is 1.98. The van der Waals surface area contributed by atoms with Crippen molar-refractivity contribution in [2.75, 3.05) is 6.54 Å². The molecule has 0 aromatic heterocycles. The van der Waals surface area contributed by atoms with E-state index in [4.69, 9.17) is 0 Å². The van der Waals surface area contributed by atoms with Crippen molar-refractivity contribution in [3.05, 3.63) is 18.5 Å². The molecule has 39 valence electrons. The van der Waals surface area contributed by atoms with Crippen LogP contribution in [0.25, 0.3) is 0 Å². The third-order valence-electron chi connectivity index (χ3n) is 0.678. The Morgan fingerprint density at radius 1 is 1.86 bits per heavy atom. The topological polar surface area (TPSA) is 15.3 Å². The maximum atomic E-state index is 3.67. The standard InChI is InChI=1S/C4H7N2S/c1-2-6-5-3-4-7-6/h3-5H,1-2H2. The molecule has 1 heterocycles. The second-order valence-corrected chi connectivity index (χ2v) is 2.06. The molecule has 0 fully saturated rings. The van der Waals surface area contributed by atoms with Crippen LogP contribution in [0.4, 0.5) is 0 Å². The zero-order valence-corrected chi connectivity index (χ0v) is 4.74. The van der Waals surface area contributed by atoms with E-state index in [2.05, 4.69) is 12.3 Å². The van der Waals surface area contributed by atoms with E-state index in [1.54, 1.807) is 11.9 Å². The Morgan fingerprint density at radius 3 is 3.00 bits per heavy atom. The second kappa shape index (κ2) is 2.23. The summed E-state index contributed by atoms with van der Waals surface area (Å²) in [5.74, 6) is 0. The van der Waals surface area contributed by atoms with E-state index in [1.165, 1.54) is 0 Å². The maximum Gasteiger partial charge on any atom is 0.0298 e. The fourth-order valence-corrected chi connectivity index (χ4v) is 0.861. The summed E-state index contributed by atoms with van der Waals surface area (Å²) in [6, 6.07) is 0. The molecule has 0 aromatic carbocycles. The van der Waals surface area contributed by atoms with Crippen molar-refractivity contribution in [3.63, 3.8) is 0 Å². The van der Waals surface area contributed by atoms with Crippen molar-refractivity contribution < 1.29 is 0 Å². The number of nitrogens with zero attached hydrogens (tertiary/aromatic N) is 1. The fraction of sp³-hybridized carbons (Fsp3) is 0.250. The summed E-state index contributed by atoms with van der Waals surface area (Å²) in [6.07, 6.45) is 1.88. The molecule has 1 N–H and O–H groups in total. The second-order valence-electron chi connectivity index (χ2n) is 1.14. The van der Waals surface area contributed by atoms with Crippen molar-refractivity contribution in [1.29, 1.82) is 0 Å². The monoisotopic (exact) mass is 115 g/mol. The number of hydrogen-bond acceptors (Lipinski definition) is 3. The van der Waals surface area contributed by atoms with Gasteiger partial charge < -0.3 is 5.43 Å². The normalized spacial score (nSPS) is 20.1. The molecule has 1 aliphatic heterocycles. The average Bonchev–Trinajstić information content (AvgIpc) is 2.14. The SMILES string of the molecule is [CH2]CN1NC=CS1. The maximum absolute atomic E-state index is 3.67. The lowest BCUT2D eigenvalue weighted by Crippen LogP contribution is -2.22. The summed E-state index contributed by atoms with van der Waals surface area (Å²) in [4.78, 5) is 0. The van der Waals surface area contributed by atoms with Gasteiger partial charge in [-0.15, -0.1) is 0 Å². The molecule has 0 spiro atoms. The molecule has 1 aliphatic rings. The first-order chi connectivity index (χ1) is 3.43. The van der Waals surface area contributed by atoms with E-state index in [0.717, 1.165) is 6.54 Å². The Kier molecular flexibility index (Phi) is 1.59. The van der Waals surface area contributed by atoms with Gasteiger partial charge in [-0.05, 0) is 18.9 Å². The Morgan fingerprint density at radius 2 is 2.71 bits per heavy atom. The molecule has 0 aliphatic carbocycles. The highest BCUT2D eigenvalue weighted by Crippen LogP contribution is 2.11. The smallest absolute Gasteiger partial charge is 0.0298 e. The summed E-state index contributed by atoms with van der Waals surface area (Å²) in [7, 11) is 0. The van der Waals surface area contributed by atoms with Crippen LogP contribution in [0.5, 0.6) is 0 Å². The lowest BCUT2D eigenvalue weighted by atomic mass is 10.8. The molecule has 2 nitrogen and oxygen atoms in total. The lowest BCUT2D eigenvalue weighted by molar-refractivity contribution is 0.461. The minimum atomic E-state index is 0.789. The van der Waals surface area contributed by atoms with Gasteiger partial charge in [0.1, 0.15) is 0 Å². The van der Waals surface area contributed by atoms with E-state index in [9.17, 15) is 0 Å². The Balaban J connectivity index is 2.22. The van der Waals surface area contributed by atoms with Crippen molar-refractivity contribution in [2.24, 2.45) is 0 Å². The zero-order chi connectivity index (χ0) is 5.11. The third-order valence-corrected chi connectivity index (χ3v) is 1.48. The number of nitrogens with one attached hydrogen (secondary N) is 1. The molecule has 3 heteroatoms. The molecular formula is C4H7N2S. The van der Waals surface area contributed by atoms with Crippen LogP contribution in [0, 0.1) is 6.92 Å². The first-order valence-corrected chi connectivity index (χ1v) is 2.92. The number of hydrogen-bond donors (Lipinski definition) is 1. The van der Waals surface area contributed by atoms with Gasteiger partial charge in [0.2, 0.25) is 0 Å². The van der Waals surface area contributed by atoms with E-state index >= 15 is 0 Å². The van der Waals surface area contributed by atoms with Gasteiger partial charge in [-0.25, -0.2) is 0 Å². The van der Waals surface area contributed by atoms with Gasteiger partial charge in [0, 0.05) is 18.2 Å². The van der Waals surface area contributed by atoms with E-state index in [1.807, 2.05) is 16.0 Å². The summed E-state index contributed by atoms with van der Waals surface area (Å²) >= 11 is 1.62. The highest BCUT2D eigenvalue weighted by Gasteiger charge is 1.99. The van der Waals surface area contributed by atoms with Gasteiger partial charge in [-0.3, -0.25) is 0 Å². The predicted molar refractivity (Wildman–Crippen MR) is 31.9 cm³/mol. The van der Waals surface area contributed by atoms with E-state index in [-0.39, 0.29) is 0 Å². The van der Waals surface area contributed by atoms with Crippen LogP contribution in [0.3, 0.4) is 0 Å². The largest absolute Gasteiger partial charge is 0.316 e. The van der Waals surface area contributed by atoms with Crippen LogP contribution in [0.1, 0.15) is 0 Å². The minimum Gasteiger partial charge on any atom is -0.316 e. The van der Waals surface area contributed by atoms with Gasteiger partial charge in [-0.2, -0.15) is 4.41 Å². The van der Waals surface area contributed by atoms with Crippen LogP contribution in [0.15, 0.2) is 11.6 Å². The van der Waals surface area contributed by atoms with Gasteiger partial charge in [-0.1, -0.05) is 0 Å². The van der Waals surface area contributed by atoms with Gasteiger partial charge in [0.05, 0.1) is 0 Å². The molecule has 7 heavy (non-hydrogen) atoms. The quantitative estimate of drug-likeness (QED) is 0.508. The Labute approximate surface area is 47.7 Å². The lowest BCUT2D eigenvalue weighted by Gasteiger charge is -2.08. The molecular weight excluding hydrogens is 108 g/mol. The molecule has 0 saturated carbocycles. The summed E-state index contributed by atoms with van der Waals surface area (Å²) in [5.41, 5.74) is 2.96. The predicted octanol–water partition coefficient (Wildman–Crippen LogP) is 0.760. The Hall–Kier alpha value is -0.150. The fourth-order valence-electron chi connectivity index (χ4n) is 0.365. The highest BCUT2D eigenvalue weighted by molar-refractivity contribution is 8.00. The van der Waals surface area contributed by atoms with Crippen molar-refractivity contribution in [2.45, 2.75) is 0 Å². The van der Waals surface area contributed by atoms with Crippen LogP contribution >= 0.6 is 11.9 Å². The third kappa shape index (κ3) is 1.11. The molecule has 0 saturated heterocycles. The van der Waals surface area contributed by atoms with Crippen LogP contribution in [0.2, 0.25) is 0 Å². The van der Waals surface area contributed by atoms with Gasteiger partial charge >= 0.3 is 0 Å². The molecule has 1 rings (SSSR count). The first-order valence-electron chi connectivity index (χ1n) is 2.08. The van der Waals surface area contributed by atoms with Crippen LogP contribution < -0.4 is 5.43 Å². The molecule has 0 bridgehead atoms. The van der Waals surface area contributed by atoms with Crippen LogP contribution in [-0.4, -0.2) is 11.0 Å². The first kappa shape index (κ1) is 5.00. The summed E-state index contributed by atoms with van der Waals surface area (Å²) < 4.78 is 1.93. The van der Waals surface area contributed by atoms with Gasteiger partial charge in [0.25, 0.3) is 0 Å². The molecule has 0 aromatic rings. The number of rotatable bonds is 1. The molecule has 0 amide bonds. The van der Waals surface area contributed by atoms with Crippen molar-refractivity contribution in [1.82, 2.24) is 9.84 Å². The van der Waals surface area contributed by atoms with Crippen molar-refractivity contribution >= 4 is 11.9 Å². The van der Waals surface area contributed by atoms with E-state index < -0.39 is 0 Å². The number of hydrazine groups is 1. The van der Waals surface area contributed by atoms with Crippen LogP contribution in [-0.2, 0) is 0 Å². The van der Waals surface area contributed by atoms with E-state index in [0.29, 0.717) is 0 Å². The summed E-state index contributed by atoms with van der Waals surface area (Å²) in [6.45, 7) is 4.46. The van der Waals surface area contributed by atoms with Crippen molar-refractivity contribution in [3.8, 4) is 0 Å².